The van der Waals surface area contributed by atoms with Crippen LogP contribution in [0.4, 0.5) is 4.79 Å². The number of carbonyl (C=O) groups is 2. The first-order valence-corrected chi connectivity index (χ1v) is 8.58. The van der Waals surface area contributed by atoms with E-state index in [-0.39, 0.29) is 6.09 Å². The molecular formula is C18H23N3O5. The standard InChI is InChI=1S/C18H23N3O5/c1-3-26-18(24)21-8-6-20(7-9-21)16(17(22)23)14-11-19-15-5-4-12(25-2)10-13(14)15/h4-5,10-11,16,19H,3,6-9H2,1-2H3,(H,22,23). The van der Waals surface area contributed by atoms with Gasteiger partial charge >= 0.3 is 12.1 Å². The molecular weight excluding hydrogens is 338 g/mol. The highest BCUT2D eigenvalue weighted by atomic mass is 16.6. The third-order valence-corrected chi connectivity index (χ3v) is 4.65. The minimum absolute atomic E-state index is 0.327. The molecule has 2 heterocycles. The number of carboxylic acid groups (broad SMARTS) is 1. The molecule has 26 heavy (non-hydrogen) atoms. The molecule has 1 unspecified atom stereocenters. The van der Waals surface area contributed by atoms with Gasteiger partial charge in [0.2, 0.25) is 0 Å². The molecule has 0 spiro atoms. The van der Waals surface area contributed by atoms with E-state index in [0.717, 1.165) is 10.9 Å². The molecule has 2 N–H and O–H groups in total. The largest absolute Gasteiger partial charge is 0.497 e. The SMILES string of the molecule is CCOC(=O)N1CCN(C(C(=O)O)c2c[nH]c3ccc(OC)cc23)CC1. The fourth-order valence-corrected chi connectivity index (χ4v) is 3.34. The second-order valence-corrected chi connectivity index (χ2v) is 6.12. The monoisotopic (exact) mass is 361 g/mol. The zero-order valence-corrected chi connectivity index (χ0v) is 14.9. The Balaban J connectivity index is 1.83. The van der Waals surface area contributed by atoms with Crippen molar-refractivity contribution in [3.8, 4) is 5.75 Å². The van der Waals surface area contributed by atoms with E-state index < -0.39 is 12.0 Å². The van der Waals surface area contributed by atoms with E-state index in [0.29, 0.717) is 44.1 Å². The van der Waals surface area contributed by atoms with E-state index in [4.69, 9.17) is 9.47 Å². The number of carbonyl (C=O) groups excluding carboxylic acids is 1. The van der Waals surface area contributed by atoms with Gasteiger partial charge in [-0.25, -0.2) is 4.79 Å². The minimum atomic E-state index is -0.918. The Morgan fingerprint density at radius 1 is 1.27 bits per heavy atom. The van der Waals surface area contributed by atoms with Gasteiger partial charge in [0.1, 0.15) is 11.8 Å². The molecule has 1 aliphatic rings. The molecule has 8 heteroatoms. The third-order valence-electron chi connectivity index (χ3n) is 4.65. The Bertz CT molecular complexity index is 795. The fourth-order valence-electron chi connectivity index (χ4n) is 3.34. The number of nitrogens with one attached hydrogen (secondary N) is 1. The third kappa shape index (κ3) is 3.45. The van der Waals surface area contributed by atoms with Crippen LogP contribution in [0.2, 0.25) is 0 Å². The van der Waals surface area contributed by atoms with Crippen LogP contribution in [0, 0.1) is 0 Å². The van der Waals surface area contributed by atoms with Crippen LogP contribution in [0.1, 0.15) is 18.5 Å². The number of aromatic amines is 1. The van der Waals surface area contributed by atoms with Crippen LogP contribution < -0.4 is 4.74 Å². The molecule has 1 aromatic carbocycles. The summed E-state index contributed by atoms with van der Waals surface area (Å²) in [4.78, 5) is 30.5. The summed E-state index contributed by atoms with van der Waals surface area (Å²) >= 11 is 0. The van der Waals surface area contributed by atoms with Gasteiger partial charge in [-0.1, -0.05) is 0 Å². The lowest BCUT2D eigenvalue weighted by Crippen LogP contribution is -2.51. The van der Waals surface area contributed by atoms with Crippen molar-refractivity contribution in [2.75, 3.05) is 39.9 Å². The van der Waals surface area contributed by atoms with Gasteiger partial charge in [-0.2, -0.15) is 0 Å². The van der Waals surface area contributed by atoms with Crippen LogP contribution in [0.5, 0.6) is 5.75 Å². The number of rotatable bonds is 5. The quantitative estimate of drug-likeness (QED) is 0.847. The summed E-state index contributed by atoms with van der Waals surface area (Å²) in [6.07, 6.45) is 1.39. The van der Waals surface area contributed by atoms with E-state index in [1.165, 1.54) is 0 Å². The predicted octanol–water partition coefficient (Wildman–Crippen LogP) is 2.08. The van der Waals surface area contributed by atoms with E-state index >= 15 is 0 Å². The summed E-state index contributed by atoms with van der Waals surface area (Å²) in [5.74, 6) is -0.243. The van der Waals surface area contributed by atoms with E-state index in [2.05, 4.69) is 4.98 Å². The molecule has 1 aromatic heterocycles. The Morgan fingerprint density at radius 3 is 2.62 bits per heavy atom. The van der Waals surface area contributed by atoms with Crippen molar-refractivity contribution in [2.24, 2.45) is 0 Å². The van der Waals surface area contributed by atoms with Crippen molar-refractivity contribution in [1.82, 2.24) is 14.8 Å². The lowest BCUT2D eigenvalue weighted by atomic mass is 10.0. The Hall–Kier alpha value is -2.74. The number of nitrogens with zero attached hydrogens (tertiary/aromatic N) is 2. The Morgan fingerprint density at radius 2 is 2.00 bits per heavy atom. The van der Waals surface area contributed by atoms with Gasteiger partial charge in [-0.05, 0) is 25.1 Å². The summed E-state index contributed by atoms with van der Waals surface area (Å²) in [5, 5.41) is 10.7. The van der Waals surface area contributed by atoms with Crippen LogP contribution in [-0.2, 0) is 9.53 Å². The van der Waals surface area contributed by atoms with Gasteiger partial charge < -0.3 is 24.5 Å². The second-order valence-electron chi connectivity index (χ2n) is 6.12. The first kappa shape index (κ1) is 18.1. The lowest BCUT2D eigenvalue weighted by Gasteiger charge is -2.37. The Labute approximate surface area is 151 Å². The summed E-state index contributed by atoms with van der Waals surface area (Å²) in [6, 6.07) is 4.75. The zero-order chi connectivity index (χ0) is 18.7. The van der Waals surface area contributed by atoms with Gasteiger partial charge in [0.15, 0.2) is 0 Å². The molecule has 1 atom stereocenters. The van der Waals surface area contributed by atoms with Crippen molar-refractivity contribution in [2.45, 2.75) is 13.0 Å². The van der Waals surface area contributed by atoms with Gasteiger partial charge in [0.05, 0.1) is 13.7 Å². The molecule has 2 aromatic rings. The molecule has 0 bridgehead atoms. The molecule has 8 nitrogen and oxygen atoms in total. The van der Waals surface area contributed by atoms with Crippen LogP contribution >= 0.6 is 0 Å². The average molecular weight is 361 g/mol. The van der Waals surface area contributed by atoms with E-state index in [1.54, 1.807) is 25.1 Å². The number of fused-ring (bicyclic) bond motifs is 1. The van der Waals surface area contributed by atoms with Crippen molar-refractivity contribution in [1.29, 1.82) is 0 Å². The van der Waals surface area contributed by atoms with Crippen LogP contribution in [-0.4, -0.2) is 71.8 Å². The second kappa shape index (κ2) is 7.65. The van der Waals surface area contributed by atoms with Gasteiger partial charge in [-0.3, -0.25) is 9.69 Å². The molecule has 0 aliphatic carbocycles. The van der Waals surface area contributed by atoms with E-state index in [1.807, 2.05) is 23.1 Å². The van der Waals surface area contributed by atoms with Crippen LogP contribution in [0.3, 0.4) is 0 Å². The fraction of sp³-hybridized carbons (Fsp3) is 0.444. The molecule has 1 saturated heterocycles. The summed E-state index contributed by atoms with van der Waals surface area (Å²) < 4.78 is 10.3. The van der Waals surface area contributed by atoms with Crippen molar-refractivity contribution < 1.29 is 24.2 Å². The topological polar surface area (TPSA) is 95.1 Å². The molecule has 0 radical (unpaired) electrons. The zero-order valence-electron chi connectivity index (χ0n) is 14.9. The first-order chi connectivity index (χ1) is 12.5. The van der Waals surface area contributed by atoms with Crippen molar-refractivity contribution >= 4 is 23.0 Å². The number of aromatic nitrogens is 1. The van der Waals surface area contributed by atoms with Crippen molar-refractivity contribution in [3.63, 3.8) is 0 Å². The number of methoxy groups -OCH3 is 1. The average Bonchev–Trinajstić information content (AvgIpc) is 3.05. The number of hydrogen-bond donors (Lipinski definition) is 2. The number of benzene rings is 1. The highest BCUT2D eigenvalue weighted by Gasteiger charge is 2.33. The summed E-state index contributed by atoms with van der Waals surface area (Å²) in [6.45, 7) is 3.90. The highest BCUT2D eigenvalue weighted by molar-refractivity contribution is 5.90. The van der Waals surface area contributed by atoms with Crippen LogP contribution in [0.25, 0.3) is 10.9 Å². The highest BCUT2D eigenvalue weighted by Crippen LogP contribution is 2.31. The number of carboxylic acids is 1. The molecule has 140 valence electrons. The smallest absolute Gasteiger partial charge is 0.409 e. The number of piperazine rings is 1. The first-order valence-electron chi connectivity index (χ1n) is 8.58. The summed E-state index contributed by atoms with van der Waals surface area (Å²) in [7, 11) is 1.58. The number of ether oxygens (including phenoxy) is 2. The maximum absolute atomic E-state index is 12.0. The molecule has 3 rings (SSSR count). The maximum atomic E-state index is 12.0. The number of amides is 1. The minimum Gasteiger partial charge on any atom is -0.497 e. The van der Waals surface area contributed by atoms with Gasteiger partial charge in [0.25, 0.3) is 0 Å². The lowest BCUT2D eigenvalue weighted by molar-refractivity contribution is -0.144. The molecule has 1 fully saturated rings. The van der Waals surface area contributed by atoms with Gasteiger partial charge in [0, 0.05) is 48.8 Å². The maximum Gasteiger partial charge on any atom is 0.409 e. The van der Waals surface area contributed by atoms with Gasteiger partial charge in [-0.15, -0.1) is 0 Å². The predicted molar refractivity (Wildman–Crippen MR) is 95.4 cm³/mol. The summed E-state index contributed by atoms with van der Waals surface area (Å²) in [5.41, 5.74) is 1.55. The number of aliphatic carboxylic acids is 1. The number of H-pyrrole nitrogens is 1. The number of hydrogen-bond acceptors (Lipinski definition) is 5. The van der Waals surface area contributed by atoms with E-state index in [9.17, 15) is 14.7 Å². The Kier molecular flexibility index (Phi) is 5.32. The molecule has 1 aliphatic heterocycles. The molecule has 0 saturated carbocycles. The normalized spacial score (nSPS) is 16.5. The van der Waals surface area contributed by atoms with Crippen LogP contribution in [0.15, 0.2) is 24.4 Å². The van der Waals surface area contributed by atoms with Crippen molar-refractivity contribution in [3.05, 3.63) is 30.0 Å². The molecule has 1 amide bonds.